The van der Waals surface area contributed by atoms with Crippen molar-refractivity contribution in [1.82, 2.24) is 18.7 Å². The van der Waals surface area contributed by atoms with E-state index in [1.807, 2.05) is 0 Å². The molecule has 0 bridgehead atoms. The summed E-state index contributed by atoms with van der Waals surface area (Å²) in [5, 5.41) is 1.68. The molecular formula is C6H3ClN4S2. The first-order valence-corrected chi connectivity index (χ1v) is 5.21. The third-order valence-electron chi connectivity index (χ3n) is 1.15. The van der Waals surface area contributed by atoms with Crippen molar-refractivity contribution >= 4 is 35.1 Å². The second-order valence-corrected chi connectivity index (χ2v) is 3.84. The minimum Gasteiger partial charge on any atom is -0.231 e. The van der Waals surface area contributed by atoms with E-state index in [-0.39, 0.29) is 0 Å². The standard InChI is InChI=1S/C6H3ClN4S2/c7-4-5(11-13-10-4)12-6-8-2-1-3-9-6/h1-3H. The Hall–Kier alpha value is -0.720. The first-order valence-electron chi connectivity index (χ1n) is 3.29. The average molecular weight is 231 g/mol. The topological polar surface area (TPSA) is 51.6 Å². The van der Waals surface area contributed by atoms with E-state index in [4.69, 9.17) is 11.6 Å². The van der Waals surface area contributed by atoms with Crippen LogP contribution in [0.15, 0.2) is 28.6 Å². The lowest BCUT2D eigenvalue weighted by Gasteiger charge is -1.93. The van der Waals surface area contributed by atoms with Gasteiger partial charge in [0.2, 0.25) is 0 Å². The fourth-order valence-corrected chi connectivity index (χ4v) is 2.15. The maximum absolute atomic E-state index is 5.75. The molecule has 0 aliphatic carbocycles. The van der Waals surface area contributed by atoms with E-state index in [0.29, 0.717) is 15.3 Å². The van der Waals surface area contributed by atoms with Gasteiger partial charge >= 0.3 is 0 Å². The van der Waals surface area contributed by atoms with Gasteiger partial charge in [-0.1, -0.05) is 11.6 Å². The summed E-state index contributed by atoms with van der Waals surface area (Å²) in [6, 6.07) is 1.75. The zero-order valence-electron chi connectivity index (χ0n) is 6.22. The highest BCUT2D eigenvalue weighted by Crippen LogP contribution is 2.28. The lowest BCUT2D eigenvalue weighted by molar-refractivity contribution is 0.964. The van der Waals surface area contributed by atoms with E-state index in [9.17, 15) is 0 Å². The van der Waals surface area contributed by atoms with Gasteiger partial charge in [-0.3, -0.25) is 0 Å². The van der Waals surface area contributed by atoms with Crippen LogP contribution in [0.5, 0.6) is 0 Å². The van der Waals surface area contributed by atoms with Crippen LogP contribution in [0.3, 0.4) is 0 Å². The van der Waals surface area contributed by atoms with Gasteiger partial charge in [-0.05, 0) is 17.8 Å². The maximum Gasteiger partial charge on any atom is 0.193 e. The van der Waals surface area contributed by atoms with Crippen molar-refractivity contribution in [3.05, 3.63) is 23.6 Å². The van der Waals surface area contributed by atoms with E-state index < -0.39 is 0 Å². The highest BCUT2D eigenvalue weighted by atomic mass is 35.5. The number of halogens is 1. The first-order chi connectivity index (χ1) is 6.36. The van der Waals surface area contributed by atoms with Crippen molar-refractivity contribution in [3.63, 3.8) is 0 Å². The molecule has 0 saturated carbocycles. The number of hydrogen-bond donors (Lipinski definition) is 0. The molecule has 2 heterocycles. The monoisotopic (exact) mass is 230 g/mol. The molecule has 0 radical (unpaired) electrons. The van der Waals surface area contributed by atoms with Crippen LogP contribution < -0.4 is 0 Å². The van der Waals surface area contributed by atoms with Crippen LogP contribution in [0.2, 0.25) is 5.15 Å². The second-order valence-electron chi connectivity index (χ2n) is 1.99. The van der Waals surface area contributed by atoms with Gasteiger partial charge in [0.25, 0.3) is 0 Å². The van der Waals surface area contributed by atoms with Crippen molar-refractivity contribution in [2.45, 2.75) is 10.2 Å². The summed E-state index contributed by atoms with van der Waals surface area (Å²) in [5.41, 5.74) is 0. The molecule has 0 fully saturated rings. The molecule has 0 atom stereocenters. The Kier molecular flexibility index (Phi) is 2.72. The number of nitrogens with zero attached hydrogens (tertiary/aromatic N) is 4. The molecule has 0 spiro atoms. The molecule has 0 amide bonds. The highest BCUT2D eigenvalue weighted by Gasteiger charge is 2.08. The van der Waals surface area contributed by atoms with Gasteiger partial charge in [0.05, 0.1) is 11.7 Å². The predicted octanol–water partition coefficient (Wildman–Crippen LogP) is 2.13. The van der Waals surface area contributed by atoms with E-state index in [1.165, 1.54) is 11.8 Å². The zero-order chi connectivity index (χ0) is 9.10. The zero-order valence-corrected chi connectivity index (χ0v) is 8.60. The fraction of sp³-hybridized carbons (Fsp3) is 0. The number of hydrogen-bond acceptors (Lipinski definition) is 6. The normalized spacial score (nSPS) is 10.2. The Morgan fingerprint density at radius 3 is 2.62 bits per heavy atom. The van der Waals surface area contributed by atoms with Crippen molar-refractivity contribution in [2.75, 3.05) is 0 Å². The van der Waals surface area contributed by atoms with E-state index in [1.54, 1.807) is 18.5 Å². The Labute approximate surface area is 87.7 Å². The van der Waals surface area contributed by atoms with Crippen molar-refractivity contribution in [3.8, 4) is 0 Å². The first kappa shape index (κ1) is 8.86. The van der Waals surface area contributed by atoms with E-state index in [0.717, 1.165) is 11.7 Å². The Bertz CT molecular complexity index is 391. The molecule has 13 heavy (non-hydrogen) atoms. The van der Waals surface area contributed by atoms with Crippen LogP contribution in [0, 0.1) is 0 Å². The lowest BCUT2D eigenvalue weighted by Crippen LogP contribution is -1.82. The molecule has 0 aliphatic rings. The summed E-state index contributed by atoms with van der Waals surface area (Å²) in [7, 11) is 0. The summed E-state index contributed by atoms with van der Waals surface area (Å²) in [6.45, 7) is 0. The van der Waals surface area contributed by atoms with Crippen LogP contribution in [-0.4, -0.2) is 18.7 Å². The molecule has 4 nitrogen and oxygen atoms in total. The maximum atomic E-state index is 5.75. The second kappa shape index (κ2) is 3.99. The Morgan fingerprint density at radius 2 is 2.00 bits per heavy atom. The van der Waals surface area contributed by atoms with Crippen LogP contribution in [-0.2, 0) is 0 Å². The van der Waals surface area contributed by atoms with Crippen molar-refractivity contribution in [2.24, 2.45) is 0 Å². The minimum atomic E-state index is 0.405. The SMILES string of the molecule is Clc1nsnc1Sc1ncccn1. The molecule has 0 aliphatic heterocycles. The molecular weight excluding hydrogens is 228 g/mol. The van der Waals surface area contributed by atoms with Crippen LogP contribution in [0.1, 0.15) is 0 Å². The summed E-state index contributed by atoms with van der Waals surface area (Å²) >= 11 is 8.13. The van der Waals surface area contributed by atoms with Gasteiger partial charge in [-0.25, -0.2) is 9.97 Å². The smallest absolute Gasteiger partial charge is 0.193 e. The van der Waals surface area contributed by atoms with Gasteiger partial charge in [-0.15, -0.1) is 0 Å². The highest BCUT2D eigenvalue weighted by molar-refractivity contribution is 7.99. The van der Waals surface area contributed by atoms with Gasteiger partial charge in [0.1, 0.15) is 0 Å². The predicted molar refractivity (Wildman–Crippen MR) is 51.1 cm³/mol. The molecule has 0 unspecified atom stereocenters. The molecule has 2 aromatic rings. The van der Waals surface area contributed by atoms with Crippen molar-refractivity contribution in [1.29, 1.82) is 0 Å². The summed E-state index contributed by atoms with van der Waals surface area (Å²) < 4.78 is 7.83. The van der Waals surface area contributed by atoms with Gasteiger partial charge in [0.15, 0.2) is 15.3 Å². The number of aromatic nitrogens is 4. The van der Waals surface area contributed by atoms with E-state index >= 15 is 0 Å². The van der Waals surface area contributed by atoms with Gasteiger partial charge in [0, 0.05) is 12.4 Å². The van der Waals surface area contributed by atoms with Crippen LogP contribution in [0.4, 0.5) is 0 Å². The minimum absolute atomic E-state index is 0.405. The number of rotatable bonds is 2. The summed E-state index contributed by atoms with van der Waals surface area (Å²) in [6.07, 6.45) is 3.34. The fourth-order valence-electron chi connectivity index (χ4n) is 0.655. The lowest BCUT2D eigenvalue weighted by atomic mass is 10.7. The van der Waals surface area contributed by atoms with Gasteiger partial charge < -0.3 is 0 Å². The molecule has 7 heteroatoms. The molecule has 0 N–H and O–H groups in total. The Morgan fingerprint density at radius 1 is 1.23 bits per heavy atom. The van der Waals surface area contributed by atoms with Crippen LogP contribution >= 0.6 is 35.1 Å². The van der Waals surface area contributed by atoms with E-state index in [2.05, 4.69) is 18.7 Å². The molecule has 2 rings (SSSR count). The molecule has 66 valence electrons. The third kappa shape index (κ3) is 2.15. The average Bonchev–Trinajstić information content (AvgIpc) is 2.54. The quantitative estimate of drug-likeness (QED) is 0.740. The van der Waals surface area contributed by atoms with Crippen LogP contribution in [0.25, 0.3) is 0 Å². The molecule has 0 saturated heterocycles. The Balaban J connectivity index is 2.20. The largest absolute Gasteiger partial charge is 0.231 e. The summed E-state index contributed by atoms with van der Waals surface area (Å²) in [5.74, 6) is 0. The summed E-state index contributed by atoms with van der Waals surface area (Å²) in [4.78, 5) is 8.05. The molecule has 2 aromatic heterocycles. The molecule has 0 aromatic carbocycles. The third-order valence-corrected chi connectivity index (χ3v) is 3.14. The van der Waals surface area contributed by atoms with Crippen molar-refractivity contribution < 1.29 is 0 Å². The van der Waals surface area contributed by atoms with Gasteiger partial charge in [-0.2, -0.15) is 8.75 Å².